The van der Waals surface area contributed by atoms with E-state index in [-0.39, 0.29) is 10.0 Å². The molecule has 5 nitrogen and oxygen atoms in total. The summed E-state index contributed by atoms with van der Waals surface area (Å²) in [5.41, 5.74) is 0.674. The summed E-state index contributed by atoms with van der Waals surface area (Å²) in [5.74, 6) is 1.14. The molecule has 3 N–H and O–H groups in total. The van der Waals surface area contributed by atoms with Gasteiger partial charge in [-0.1, -0.05) is 29.5 Å². The fraction of sp³-hybridized carbons (Fsp3) is 0.250. The molecule has 0 unspecified atom stereocenters. The molecule has 0 fully saturated rings. The number of nitrogens with zero attached hydrogens (tertiary/aromatic N) is 1. The largest absolute Gasteiger partial charge is 0.361 e. The summed E-state index contributed by atoms with van der Waals surface area (Å²) >= 11 is 2.58. The minimum absolute atomic E-state index is 0.0315. The SMILES string of the molecule is NS(=O)(=O)c1cnc(NCCSCc2ccccc2F)s1. The Kier molecular flexibility index (Phi) is 5.57. The zero-order valence-corrected chi connectivity index (χ0v) is 13.4. The lowest BCUT2D eigenvalue weighted by Crippen LogP contribution is -2.09. The van der Waals surface area contributed by atoms with E-state index in [4.69, 9.17) is 5.14 Å². The van der Waals surface area contributed by atoms with E-state index in [0.717, 1.165) is 17.1 Å². The Bertz CT molecular complexity index is 703. The van der Waals surface area contributed by atoms with Crippen LogP contribution in [0, 0.1) is 5.82 Å². The van der Waals surface area contributed by atoms with Gasteiger partial charge in [0.1, 0.15) is 5.82 Å². The first-order valence-electron chi connectivity index (χ1n) is 6.00. The van der Waals surface area contributed by atoms with Gasteiger partial charge in [0, 0.05) is 18.1 Å². The molecule has 0 saturated heterocycles. The molecule has 0 radical (unpaired) electrons. The van der Waals surface area contributed by atoms with Crippen LogP contribution in [-0.2, 0) is 15.8 Å². The fourth-order valence-electron chi connectivity index (χ4n) is 1.50. The summed E-state index contributed by atoms with van der Waals surface area (Å²) in [5, 5.41) is 8.52. The molecule has 2 aromatic rings. The van der Waals surface area contributed by atoms with Gasteiger partial charge in [-0.15, -0.1) is 0 Å². The summed E-state index contributed by atoms with van der Waals surface area (Å²) in [6, 6.07) is 6.67. The molecule has 0 aliphatic rings. The number of aromatic nitrogens is 1. The van der Waals surface area contributed by atoms with Crippen molar-refractivity contribution in [3.63, 3.8) is 0 Å². The first-order chi connectivity index (χ1) is 9.97. The van der Waals surface area contributed by atoms with E-state index < -0.39 is 10.0 Å². The van der Waals surface area contributed by atoms with E-state index >= 15 is 0 Å². The average Bonchev–Trinajstić information content (AvgIpc) is 2.89. The van der Waals surface area contributed by atoms with E-state index in [9.17, 15) is 12.8 Å². The van der Waals surface area contributed by atoms with Gasteiger partial charge in [0.2, 0.25) is 10.0 Å². The smallest absolute Gasteiger partial charge is 0.249 e. The second kappa shape index (κ2) is 7.21. The van der Waals surface area contributed by atoms with Crippen molar-refractivity contribution >= 4 is 38.3 Å². The van der Waals surface area contributed by atoms with Gasteiger partial charge in [-0.25, -0.2) is 22.9 Å². The van der Waals surface area contributed by atoms with E-state index in [0.29, 0.717) is 23.0 Å². The number of nitrogens with one attached hydrogen (secondary N) is 1. The summed E-state index contributed by atoms with van der Waals surface area (Å²) in [6.45, 7) is 0.608. The van der Waals surface area contributed by atoms with Crippen LogP contribution < -0.4 is 10.5 Å². The van der Waals surface area contributed by atoms with Crippen LogP contribution in [0.5, 0.6) is 0 Å². The van der Waals surface area contributed by atoms with Crippen molar-refractivity contribution in [2.45, 2.75) is 9.96 Å². The molecule has 0 spiro atoms. The zero-order chi connectivity index (χ0) is 15.3. The topological polar surface area (TPSA) is 85.1 Å². The van der Waals surface area contributed by atoms with E-state index in [1.54, 1.807) is 23.9 Å². The van der Waals surface area contributed by atoms with E-state index in [1.807, 2.05) is 6.07 Å². The molecule has 114 valence electrons. The molecule has 0 bridgehead atoms. The van der Waals surface area contributed by atoms with Crippen molar-refractivity contribution in [2.75, 3.05) is 17.6 Å². The molecule has 21 heavy (non-hydrogen) atoms. The van der Waals surface area contributed by atoms with Gasteiger partial charge in [0.05, 0.1) is 6.20 Å². The number of hydrogen-bond donors (Lipinski definition) is 2. The Morgan fingerprint density at radius 3 is 2.81 bits per heavy atom. The predicted octanol–water partition coefficient (Wildman–Crippen LogP) is 2.27. The number of anilines is 1. The first-order valence-corrected chi connectivity index (χ1v) is 9.52. The number of halogens is 1. The van der Waals surface area contributed by atoms with Crippen LogP contribution in [0.3, 0.4) is 0 Å². The molecule has 0 aliphatic carbocycles. The van der Waals surface area contributed by atoms with Crippen molar-refractivity contribution < 1.29 is 12.8 Å². The Balaban J connectivity index is 1.73. The summed E-state index contributed by atoms with van der Waals surface area (Å²) in [7, 11) is -3.69. The molecule has 9 heteroatoms. The molecule has 1 aromatic heterocycles. The third kappa shape index (κ3) is 4.95. The number of primary sulfonamides is 1. The number of nitrogens with two attached hydrogens (primary N) is 1. The third-order valence-corrected chi connectivity index (χ3v) is 5.87. The number of hydrogen-bond acceptors (Lipinski definition) is 6. The summed E-state index contributed by atoms with van der Waals surface area (Å²) in [6.07, 6.45) is 1.23. The molecular weight excluding hydrogens is 333 g/mol. The van der Waals surface area contributed by atoms with Crippen molar-refractivity contribution in [1.29, 1.82) is 0 Å². The van der Waals surface area contributed by atoms with Crippen molar-refractivity contribution in [3.05, 3.63) is 41.8 Å². The van der Waals surface area contributed by atoms with Crippen LogP contribution in [-0.4, -0.2) is 25.7 Å². The highest BCUT2D eigenvalue weighted by molar-refractivity contribution is 7.98. The van der Waals surface area contributed by atoms with Gasteiger partial charge in [0.25, 0.3) is 0 Å². The lowest BCUT2D eigenvalue weighted by molar-refractivity contribution is 0.599. The number of rotatable bonds is 7. The predicted molar refractivity (Wildman–Crippen MR) is 84.5 cm³/mol. The number of thioether (sulfide) groups is 1. The molecule has 0 saturated carbocycles. The third-order valence-electron chi connectivity index (χ3n) is 2.50. The van der Waals surface area contributed by atoms with Crippen LogP contribution in [0.25, 0.3) is 0 Å². The quantitative estimate of drug-likeness (QED) is 0.751. The monoisotopic (exact) mass is 347 g/mol. The van der Waals surface area contributed by atoms with Crippen molar-refractivity contribution in [3.8, 4) is 0 Å². The molecule has 0 atom stereocenters. The highest BCUT2D eigenvalue weighted by Crippen LogP contribution is 2.21. The van der Waals surface area contributed by atoms with Gasteiger partial charge >= 0.3 is 0 Å². The Morgan fingerprint density at radius 1 is 1.38 bits per heavy atom. The molecule has 1 heterocycles. The van der Waals surface area contributed by atoms with Crippen LogP contribution in [0.15, 0.2) is 34.7 Å². The minimum Gasteiger partial charge on any atom is -0.361 e. The Labute approximate surface area is 130 Å². The maximum Gasteiger partial charge on any atom is 0.249 e. The van der Waals surface area contributed by atoms with E-state index in [1.165, 1.54) is 12.3 Å². The van der Waals surface area contributed by atoms with Gasteiger partial charge < -0.3 is 5.32 Å². The van der Waals surface area contributed by atoms with Crippen LogP contribution in [0.1, 0.15) is 5.56 Å². The van der Waals surface area contributed by atoms with Gasteiger partial charge in [-0.3, -0.25) is 0 Å². The number of benzene rings is 1. The van der Waals surface area contributed by atoms with Crippen LogP contribution >= 0.6 is 23.1 Å². The Hall–Kier alpha value is -1.16. The maximum absolute atomic E-state index is 13.4. The number of thiazole rings is 1. The molecule has 2 rings (SSSR count). The molecule has 0 amide bonds. The normalized spacial score (nSPS) is 11.5. The minimum atomic E-state index is -3.69. The zero-order valence-electron chi connectivity index (χ0n) is 11.0. The fourth-order valence-corrected chi connectivity index (χ4v) is 3.82. The van der Waals surface area contributed by atoms with Crippen LogP contribution in [0.2, 0.25) is 0 Å². The maximum atomic E-state index is 13.4. The number of sulfonamides is 1. The average molecular weight is 347 g/mol. The van der Waals surface area contributed by atoms with Crippen molar-refractivity contribution in [1.82, 2.24) is 4.98 Å². The second-order valence-electron chi connectivity index (χ2n) is 4.10. The lowest BCUT2D eigenvalue weighted by Gasteiger charge is -2.04. The highest BCUT2D eigenvalue weighted by Gasteiger charge is 2.12. The molecule has 1 aromatic carbocycles. The van der Waals surface area contributed by atoms with E-state index in [2.05, 4.69) is 10.3 Å². The lowest BCUT2D eigenvalue weighted by atomic mass is 10.2. The van der Waals surface area contributed by atoms with Crippen molar-refractivity contribution in [2.24, 2.45) is 5.14 Å². The summed E-state index contributed by atoms with van der Waals surface area (Å²) in [4.78, 5) is 3.93. The second-order valence-corrected chi connectivity index (χ2v) is 8.02. The standard InChI is InChI=1S/C12H14FN3O2S3/c13-10-4-2-1-3-9(10)8-19-6-5-15-12-16-7-11(20-12)21(14,17)18/h1-4,7H,5-6,8H2,(H,15,16)(H2,14,17,18). The van der Waals surface area contributed by atoms with Gasteiger partial charge in [0.15, 0.2) is 9.34 Å². The van der Waals surface area contributed by atoms with Gasteiger partial charge in [-0.2, -0.15) is 11.8 Å². The molecular formula is C12H14FN3O2S3. The molecule has 0 aliphatic heterocycles. The highest BCUT2D eigenvalue weighted by atomic mass is 32.2. The first kappa shape index (κ1) is 16.2. The van der Waals surface area contributed by atoms with Crippen LogP contribution in [0.4, 0.5) is 9.52 Å². The Morgan fingerprint density at radius 2 is 2.14 bits per heavy atom. The van der Waals surface area contributed by atoms with Gasteiger partial charge in [-0.05, 0) is 11.6 Å². The summed E-state index contributed by atoms with van der Waals surface area (Å²) < 4.78 is 35.6.